The van der Waals surface area contributed by atoms with Crippen molar-refractivity contribution < 1.29 is 23.0 Å². The van der Waals surface area contributed by atoms with Crippen LogP contribution >= 0.6 is 11.6 Å². The summed E-state index contributed by atoms with van der Waals surface area (Å²) in [4.78, 5) is 20.5. The van der Waals surface area contributed by atoms with Gasteiger partial charge in [0, 0.05) is 47.3 Å². The summed E-state index contributed by atoms with van der Waals surface area (Å²) in [6.45, 7) is 4.36. The number of rotatable bonds is 17. The van der Waals surface area contributed by atoms with E-state index in [9.17, 15) is 9.18 Å². The van der Waals surface area contributed by atoms with Gasteiger partial charge in [-0.05, 0) is 125 Å². The van der Waals surface area contributed by atoms with Gasteiger partial charge in [0.1, 0.15) is 36.1 Å². The van der Waals surface area contributed by atoms with Crippen molar-refractivity contribution in [3.8, 4) is 5.75 Å². The van der Waals surface area contributed by atoms with E-state index in [0.29, 0.717) is 78.7 Å². The summed E-state index contributed by atoms with van der Waals surface area (Å²) in [6, 6.07) is 32.3. The molecule has 8 aromatic rings. The van der Waals surface area contributed by atoms with Crippen LogP contribution in [0.25, 0.3) is 32.8 Å². The molecule has 0 saturated heterocycles. The second kappa shape index (κ2) is 19.1. The lowest BCUT2D eigenvalue weighted by atomic mass is 9.73. The van der Waals surface area contributed by atoms with Gasteiger partial charge in [0.2, 0.25) is 0 Å². The van der Waals surface area contributed by atoms with Crippen molar-refractivity contribution in [3.05, 3.63) is 188 Å². The number of ether oxygens (including phenoxy) is 3. The Bertz CT molecular complexity index is 3020. The van der Waals surface area contributed by atoms with Gasteiger partial charge in [0.15, 0.2) is 0 Å². The molecule has 0 bridgehead atoms. The van der Waals surface area contributed by atoms with Crippen LogP contribution in [-0.2, 0) is 29.4 Å². The Morgan fingerprint density at radius 3 is 2.42 bits per heavy atom. The van der Waals surface area contributed by atoms with Gasteiger partial charge in [0.25, 0.3) is 5.56 Å². The van der Waals surface area contributed by atoms with Crippen molar-refractivity contribution in [2.75, 3.05) is 33.0 Å². The molecule has 0 amide bonds. The minimum Gasteiger partial charge on any atom is -0.491 e. The molecule has 0 saturated carbocycles. The molecule has 1 aliphatic rings. The van der Waals surface area contributed by atoms with E-state index in [4.69, 9.17) is 25.8 Å². The summed E-state index contributed by atoms with van der Waals surface area (Å²) in [7, 11) is 1.84. The van der Waals surface area contributed by atoms with Crippen LogP contribution in [0.15, 0.2) is 120 Å². The first-order valence-electron chi connectivity index (χ1n) is 21.5. The van der Waals surface area contributed by atoms with Crippen LogP contribution in [0.3, 0.4) is 0 Å². The highest BCUT2D eigenvalue weighted by molar-refractivity contribution is 6.30. The fourth-order valence-corrected chi connectivity index (χ4v) is 9.19. The SMILES string of the molecule is CC/C(=C(/c1ccc(OCCOCCOCCCc2ccc([C@H]3Cc4cc(F)cc5c(=O)[nH]nc(c45)[C@@H]3c3ncnn3C)cc2)cc1)c1ccc2[nH]ccc2c1)c1ccc(Cl)cc1F. The molecule has 1 aliphatic carbocycles. The molecule has 326 valence electrons. The highest BCUT2D eigenvalue weighted by Crippen LogP contribution is 2.46. The first-order valence-corrected chi connectivity index (χ1v) is 21.9. The van der Waals surface area contributed by atoms with Gasteiger partial charge < -0.3 is 19.2 Å². The maximum Gasteiger partial charge on any atom is 0.272 e. The molecule has 0 fully saturated rings. The summed E-state index contributed by atoms with van der Waals surface area (Å²) in [6.07, 6.45) is 6.27. The molecule has 2 atom stereocenters. The second-order valence-corrected chi connectivity index (χ2v) is 16.4. The predicted octanol–water partition coefficient (Wildman–Crippen LogP) is 10.4. The molecule has 13 heteroatoms. The van der Waals surface area contributed by atoms with Crippen molar-refractivity contribution in [3.63, 3.8) is 0 Å². The molecule has 0 aliphatic heterocycles. The van der Waals surface area contributed by atoms with Crippen molar-refractivity contribution >= 4 is 44.4 Å². The summed E-state index contributed by atoms with van der Waals surface area (Å²) >= 11 is 6.12. The van der Waals surface area contributed by atoms with Crippen LogP contribution in [0.2, 0.25) is 5.02 Å². The normalized spacial score (nSPS) is 15.2. The highest BCUT2D eigenvalue weighted by atomic mass is 35.5. The largest absolute Gasteiger partial charge is 0.491 e. The van der Waals surface area contributed by atoms with E-state index >= 15 is 4.39 Å². The Morgan fingerprint density at radius 1 is 0.875 bits per heavy atom. The molecule has 5 aromatic carbocycles. The average Bonchev–Trinajstić information content (AvgIpc) is 3.96. The Balaban J connectivity index is 0.745. The number of hydrogen-bond acceptors (Lipinski definition) is 7. The molecule has 9 rings (SSSR count). The van der Waals surface area contributed by atoms with Crippen LogP contribution in [0.4, 0.5) is 8.78 Å². The van der Waals surface area contributed by atoms with Gasteiger partial charge in [-0.25, -0.2) is 18.9 Å². The summed E-state index contributed by atoms with van der Waals surface area (Å²) in [5.41, 5.74) is 8.61. The molecule has 64 heavy (non-hydrogen) atoms. The third kappa shape index (κ3) is 8.99. The molecular weight excluding hydrogens is 834 g/mol. The molecule has 3 aromatic heterocycles. The zero-order chi connectivity index (χ0) is 44.2. The number of aryl methyl sites for hydroxylation is 2. The number of H-pyrrole nitrogens is 2. The summed E-state index contributed by atoms with van der Waals surface area (Å²) < 4.78 is 49.4. The van der Waals surface area contributed by atoms with Crippen LogP contribution in [0.5, 0.6) is 5.75 Å². The summed E-state index contributed by atoms with van der Waals surface area (Å²) in [5, 5.41) is 13.8. The molecule has 0 unspecified atom stereocenters. The number of hydrogen-bond donors (Lipinski definition) is 2. The molecule has 0 spiro atoms. The first kappa shape index (κ1) is 42.8. The first-order chi connectivity index (χ1) is 31.2. The van der Waals surface area contributed by atoms with Crippen LogP contribution in [0, 0.1) is 11.6 Å². The summed E-state index contributed by atoms with van der Waals surface area (Å²) in [5.74, 6) is 0.266. The molecule has 2 N–H and O–H groups in total. The van der Waals surface area contributed by atoms with E-state index in [-0.39, 0.29) is 17.7 Å². The monoisotopic (exact) mass is 880 g/mol. The van der Waals surface area contributed by atoms with Gasteiger partial charge in [-0.15, -0.1) is 0 Å². The van der Waals surface area contributed by atoms with Crippen LogP contribution in [-0.4, -0.2) is 63.0 Å². The average molecular weight is 881 g/mol. The van der Waals surface area contributed by atoms with Gasteiger partial charge in [-0.2, -0.15) is 10.2 Å². The molecule has 3 heterocycles. The second-order valence-electron chi connectivity index (χ2n) is 16.0. The van der Waals surface area contributed by atoms with Crippen molar-refractivity contribution in [2.45, 2.75) is 44.4 Å². The number of allylic oxidation sites excluding steroid dienone is 1. The van der Waals surface area contributed by atoms with E-state index in [1.54, 1.807) is 16.8 Å². The third-order valence-corrected chi connectivity index (χ3v) is 12.3. The van der Waals surface area contributed by atoms with Gasteiger partial charge in [-0.3, -0.25) is 9.48 Å². The maximum atomic E-state index is 15.3. The lowest BCUT2D eigenvalue weighted by Crippen LogP contribution is -2.27. The number of halogens is 3. The zero-order valence-electron chi connectivity index (χ0n) is 35.5. The minimum atomic E-state index is -0.443. The Kier molecular flexibility index (Phi) is 12.8. The molecule has 0 radical (unpaired) electrons. The van der Waals surface area contributed by atoms with Crippen LogP contribution in [0.1, 0.15) is 76.5 Å². The van der Waals surface area contributed by atoms with E-state index in [1.807, 2.05) is 56.6 Å². The number of fused-ring (bicyclic) bond motifs is 1. The molecular formula is C51H47ClF2N6O4. The number of nitrogens with one attached hydrogen (secondary N) is 2. The third-order valence-electron chi connectivity index (χ3n) is 12.1. The van der Waals surface area contributed by atoms with Crippen LogP contribution < -0.4 is 10.3 Å². The van der Waals surface area contributed by atoms with Crippen molar-refractivity contribution in [1.29, 1.82) is 0 Å². The number of aromatic amines is 2. The molecule has 10 nitrogen and oxygen atoms in total. The number of benzene rings is 5. The topological polar surface area (TPSA) is 120 Å². The quantitative estimate of drug-likeness (QED) is 0.0690. The van der Waals surface area contributed by atoms with Gasteiger partial charge in [-0.1, -0.05) is 67.1 Å². The maximum absolute atomic E-state index is 15.3. The fraction of sp³-hybridized carbons (Fsp3) is 0.255. The minimum absolute atomic E-state index is 0.0943. The van der Waals surface area contributed by atoms with E-state index in [1.165, 1.54) is 30.1 Å². The van der Waals surface area contributed by atoms with Gasteiger partial charge >= 0.3 is 0 Å². The smallest absolute Gasteiger partial charge is 0.272 e. The van der Waals surface area contributed by atoms with Crippen molar-refractivity contribution in [2.24, 2.45) is 7.05 Å². The lowest BCUT2D eigenvalue weighted by molar-refractivity contribution is 0.0357. The van der Waals surface area contributed by atoms with Crippen molar-refractivity contribution in [1.82, 2.24) is 29.9 Å². The Labute approximate surface area is 373 Å². The standard InChI is InChI=1S/C51H47ClF2N6O4/c1-3-40(41-16-13-37(52)28-44(41)54)46(35-12-17-45-34(25-35)18-19-55-45)33-10-14-39(15-11-33)64-24-23-63-22-21-62-20-4-5-31-6-8-32(9-7-31)42-27-36-26-38(53)29-43-47(36)49(58-59-51(43)61)48(42)50-56-30-57-60(50)2/h6-19,25-26,28-30,42,48,55H,3-5,20-24,27H2,1-2H3,(H,59,61)/b46-40+/t42-,48-/m1/s1. The lowest BCUT2D eigenvalue weighted by Gasteiger charge is -2.32. The number of nitrogens with zero attached hydrogens (tertiary/aromatic N) is 4. The Hall–Kier alpha value is -6.47. The van der Waals surface area contributed by atoms with E-state index in [0.717, 1.165) is 63.0 Å². The van der Waals surface area contributed by atoms with E-state index < -0.39 is 11.4 Å². The Morgan fingerprint density at radius 2 is 1.66 bits per heavy atom. The van der Waals surface area contributed by atoms with E-state index in [2.05, 4.69) is 61.7 Å². The highest BCUT2D eigenvalue weighted by Gasteiger charge is 2.38. The zero-order valence-corrected chi connectivity index (χ0v) is 36.3. The van der Waals surface area contributed by atoms with Gasteiger partial charge in [0.05, 0.1) is 36.8 Å². The fourth-order valence-electron chi connectivity index (χ4n) is 9.03. The number of aromatic nitrogens is 6. The predicted molar refractivity (Wildman–Crippen MR) is 246 cm³/mol.